The van der Waals surface area contributed by atoms with Gasteiger partial charge in [0.15, 0.2) is 0 Å². The van der Waals surface area contributed by atoms with Crippen LogP contribution in [0.15, 0.2) is 10.3 Å². The Balaban J connectivity index is 2.32. The molecule has 4 heteroatoms. The molecule has 1 aromatic rings. The largest absolute Gasteiger partial charge is 0.393 e. The number of thiol groups is 1. The monoisotopic (exact) mass is 248 g/mol. The summed E-state index contributed by atoms with van der Waals surface area (Å²) in [4.78, 5) is 1.47. The molecule has 1 atom stereocenters. The van der Waals surface area contributed by atoms with Crippen LogP contribution in [0, 0.1) is 0 Å². The predicted octanol–water partition coefficient (Wildman–Crippen LogP) is 2.87. The Hall–Kier alpha value is 0.360. The van der Waals surface area contributed by atoms with Gasteiger partial charge in [-0.25, -0.2) is 0 Å². The topological polar surface area (TPSA) is 20.2 Å². The molecule has 0 aliphatic heterocycles. The molecule has 2 rings (SSSR count). The molecule has 0 amide bonds. The second-order valence-electron chi connectivity index (χ2n) is 4.18. The molecule has 0 saturated carbocycles. The minimum Gasteiger partial charge on any atom is -0.393 e. The third kappa shape index (κ3) is 2.13. The summed E-state index contributed by atoms with van der Waals surface area (Å²) in [5, 5.41) is 9.56. The number of hydrogen-bond donors (Lipinski definition) is 2. The third-order valence-corrected chi connectivity index (χ3v) is 7.12. The molecular formula is C10H16OS3. The SMILES string of the molecule is CS(C)(S)c1cc2c(s1)CCC(O)C2. The van der Waals surface area contributed by atoms with Gasteiger partial charge in [0.2, 0.25) is 0 Å². The number of aryl methyl sites for hydroxylation is 1. The first-order valence-electron chi connectivity index (χ1n) is 4.72. The summed E-state index contributed by atoms with van der Waals surface area (Å²) in [6, 6.07) is 2.25. The first-order chi connectivity index (χ1) is 6.47. The molecule has 1 aliphatic carbocycles. The van der Waals surface area contributed by atoms with E-state index in [1.807, 2.05) is 11.3 Å². The van der Waals surface area contributed by atoms with E-state index in [0.717, 1.165) is 19.3 Å². The fraction of sp³-hybridized carbons (Fsp3) is 0.600. The van der Waals surface area contributed by atoms with Gasteiger partial charge >= 0.3 is 0 Å². The van der Waals surface area contributed by atoms with Crippen LogP contribution in [0.5, 0.6) is 0 Å². The summed E-state index contributed by atoms with van der Waals surface area (Å²) in [5.74, 6) is 0. The fourth-order valence-electron chi connectivity index (χ4n) is 1.72. The second kappa shape index (κ2) is 3.74. The van der Waals surface area contributed by atoms with E-state index in [4.69, 9.17) is 0 Å². The van der Waals surface area contributed by atoms with Gasteiger partial charge in [0, 0.05) is 4.88 Å². The van der Waals surface area contributed by atoms with Crippen LogP contribution in [0.1, 0.15) is 16.9 Å². The molecule has 1 N–H and O–H groups in total. The van der Waals surface area contributed by atoms with Crippen molar-refractivity contribution in [2.45, 2.75) is 29.6 Å². The van der Waals surface area contributed by atoms with Gasteiger partial charge in [0.05, 0.1) is 10.3 Å². The number of aliphatic hydroxyl groups excluding tert-OH is 1. The number of rotatable bonds is 1. The maximum atomic E-state index is 9.56. The van der Waals surface area contributed by atoms with Gasteiger partial charge in [-0.3, -0.25) is 0 Å². The zero-order chi connectivity index (χ0) is 10.3. The quantitative estimate of drug-likeness (QED) is 0.578. The van der Waals surface area contributed by atoms with E-state index in [9.17, 15) is 5.11 Å². The molecule has 1 heterocycles. The Labute approximate surface area is 95.7 Å². The van der Waals surface area contributed by atoms with E-state index in [1.165, 1.54) is 14.6 Å². The molecule has 0 spiro atoms. The summed E-state index contributed by atoms with van der Waals surface area (Å²) >= 11 is 6.55. The van der Waals surface area contributed by atoms with Crippen LogP contribution in [0.25, 0.3) is 0 Å². The molecule has 1 nitrogen and oxygen atoms in total. The molecule has 80 valence electrons. The molecule has 0 saturated heterocycles. The smallest absolute Gasteiger partial charge is 0.0584 e. The maximum absolute atomic E-state index is 9.56. The molecule has 0 radical (unpaired) electrons. The van der Waals surface area contributed by atoms with Crippen LogP contribution in [-0.4, -0.2) is 23.7 Å². The molecule has 0 bridgehead atoms. The van der Waals surface area contributed by atoms with Crippen molar-refractivity contribution in [3.05, 3.63) is 16.5 Å². The lowest BCUT2D eigenvalue weighted by Gasteiger charge is -2.21. The average molecular weight is 248 g/mol. The van der Waals surface area contributed by atoms with Crippen molar-refractivity contribution in [2.24, 2.45) is 0 Å². The van der Waals surface area contributed by atoms with Crippen LogP contribution in [0.2, 0.25) is 0 Å². The Morgan fingerprint density at radius 3 is 2.93 bits per heavy atom. The minimum atomic E-state index is -0.883. The Kier molecular flexibility index (Phi) is 2.90. The lowest BCUT2D eigenvalue weighted by molar-refractivity contribution is 0.159. The summed E-state index contributed by atoms with van der Waals surface area (Å²) < 4.78 is 1.40. The van der Waals surface area contributed by atoms with Gasteiger partial charge in [-0.05, 0) is 43.4 Å². The van der Waals surface area contributed by atoms with Crippen molar-refractivity contribution in [2.75, 3.05) is 12.5 Å². The highest BCUT2D eigenvalue weighted by atomic mass is 33.1. The van der Waals surface area contributed by atoms with Gasteiger partial charge in [-0.15, -0.1) is 23.0 Å². The van der Waals surface area contributed by atoms with E-state index in [-0.39, 0.29) is 6.10 Å². The van der Waals surface area contributed by atoms with Crippen molar-refractivity contribution in [1.29, 1.82) is 0 Å². The molecule has 0 fully saturated rings. The van der Waals surface area contributed by atoms with E-state index in [1.54, 1.807) is 0 Å². The summed E-state index contributed by atoms with van der Waals surface area (Å²) in [5.41, 5.74) is 1.36. The van der Waals surface area contributed by atoms with Crippen LogP contribution in [0.3, 0.4) is 0 Å². The summed E-state index contributed by atoms with van der Waals surface area (Å²) in [6.45, 7) is 0. The van der Waals surface area contributed by atoms with Crippen molar-refractivity contribution in [3.63, 3.8) is 0 Å². The molecule has 1 unspecified atom stereocenters. The molecule has 0 aromatic carbocycles. The second-order valence-corrected chi connectivity index (χ2v) is 11.3. The lowest BCUT2D eigenvalue weighted by atomic mass is 9.97. The molecule has 1 aromatic heterocycles. The fourth-order valence-corrected chi connectivity index (χ4v) is 4.70. The molecule has 14 heavy (non-hydrogen) atoms. The lowest BCUT2D eigenvalue weighted by Crippen LogP contribution is -2.16. The van der Waals surface area contributed by atoms with Gasteiger partial charge in [-0.1, -0.05) is 0 Å². The van der Waals surface area contributed by atoms with Gasteiger partial charge in [-0.2, -0.15) is 9.06 Å². The zero-order valence-corrected chi connectivity index (χ0v) is 11.0. The van der Waals surface area contributed by atoms with Crippen LogP contribution >= 0.6 is 32.1 Å². The standard InChI is InChI=1S/C10H16OS3/c1-14(2,12)10-6-7-5-8(11)3-4-9(7)13-10/h6,8,11-12H,3-5H2,1-2H3. The highest BCUT2D eigenvalue weighted by molar-refractivity contribution is 8.87. The zero-order valence-electron chi connectivity index (χ0n) is 8.49. The van der Waals surface area contributed by atoms with Crippen molar-refractivity contribution < 1.29 is 5.11 Å². The maximum Gasteiger partial charge on any atom is 0.0584 e. The first-order valence-corrected chi connectivity index (χ1v) is 9.04. The predicted molar refractivity (Wildman–Crippen MR) is 69.0 cm³/mol. The number of hydrogen-bond acceptors (Lipinski definition) is 3. The van der Waals surface area contributed by atoms with Gasteiger partial charge in [0.1, 0.15) is 0 Å². The van der Waals surface area contributed by atoms with Gasteiger partial charge < -0.3 is 5.11 Å². The normalized spacial score (nSPS) is 23.3. The minimum absolute atomic E-state index is 0.122. The molecular weight excluding hydrogens is 232 g/mol. The molecule has 1 aliphatic rings. The Morgan fingerprint density at radius 1 is 1.57 bits per heavy atom. The average Bonchev–Trinajstić information content (AvgIpc) is 2.45. The third-order valence-electron chi connectivity index (χ3n) is 2.53. The summed E-state index contributed by atoms with van der Waals surface area (Å²) in [6.07, 6.45) is 7.09. The van der Waals surface area contributed by atoms with Crippen LogP contribution in [0.4, 0.5) is 0 Å². The first kappa shape index (κ1) is 10.9. The number of fused-ring (bicyclic) bond motifs is 1. The van der Waals surface area contributed by atoms with Gasteiger partial charge in [0.25, 0.3) is 0 Å². The number of aliphatic hydroxyl groups is 1. The number of thiophene rings is 1. The van der Waals surface area contributed by atoms with E-state index in [0.29, 0.717) is 0 Å². The van der Waals surface area contributed by atoms with E-state index < -0.39 is 9.06 Å². The van der Waals surface area contributed by atoms with Crippen LogP contribution < -0.4 is 0 Å². The van der Waals surface area contributed by atoms with Crippen molar-refractivity contribution >= 4 is 32.1 Å². The Bertz CT molecular complexity index is 338. The highest BCUT2D eigenvalue weighted by Crippen LogP contribution is 2.57. The Morgan fingerprint density at radius 2 is 2.29 bits per heavy atom. The van der Waals surface area contributed by atoms with Crippen molar-refractivity contribution in [3.8, 4) is 0 Å². The van der Waals surface area contributed by atoms with Crippen LogP contribution in [-0.2, 0) is 12.8 Å². The van der Waals surface area contributed by atoms with Crippen molar-refractivity contribution in [1.82, 2.24) is 0 Å². The van der Waals surface area contributed by atoms with E-state index >= 15 is 0 Å². The highest BCUT2D eigenvalue weighted by Gasteiger charge is 2.22. The summed E-state index contributed by atoms with van der Waals surface area (Å²) in [7, 11) is -0.883. The van der Waals surface area contributed by atoms with E-state index in [2.05, 4.69) is 30.2 Å².